The Balaban J connectivity index is 2.25. The highest BCUT2D eigenvalue weighted by Gasteiger charge is 2.09. The molecule has 2 rings (SSSR count). The molecule has 2 N–H and O–H groups in total. The van der Waals surface area contributed by atoms with Gasteiger partial charge in [-0.3, -0.25) is 0 Å². The summed E-state index contributed by atoms with van der Waals surface area (Å²) in [5.74, 6) is 1.05. The van der Waals surface area contributed by atoms with Crippen LogP contribution in [0.3, 0.4) is 0 Å². The minimum atomic E-state index is 0.565. The van der Waals surface area contributed by atoms with E-state index in [1.807, 2.05) is 19.1 Å². The zero-order valence-corrected chi connectivity index (χ0v) is 11.6. The lowest BCUT2D eigenvalue weighted by Gasteiger charge is -2.21. The molecule has 0 bridgehead atoms. The van der Waals surface area contributed by atoms with Crippen LogP contribution in [0.2, 0.25) is 0 Å². The van der Waals surface area contributed by atoms with E-state index in [0.717, 1.165) is 30.1 Å². The van der Waals surface area contributed by atoms with Crippen molar-refractivity contribution in [3.63, 3.8) is 0 Å². The van der Waals surface area contributed by atoms with Gasteiger partial charge in [-0.15, -0.1) is 0 Å². The highest BCUT2D eigenvalue weighted by molar-refractivity contribution is 5.79. The molecule has 18 heavy (non-hydrogen) atoms. The van der Waals surface area contributed by atoms with Gasteiger partial charge in [0.25, 0.3) is 0 Å². The van der Waals surface area contributed by atoms with Crippen molar-refractivity contribution in [3.05, 3.63) is 24.0 Å². The van der Waals surface area contributed by atoms with Crippen LogP contribution in [0.25, 0.3) is 11.0 Å². The SMILES string of the molecule is Cc1nc2cc(N)ccc2n1CCN(C)C(C)C. The van der Waals surface area contributed by atoms with Gasteiger partial charge in [0, 0.05) is 24.8 Å². The lowest BCUT2D eigenvalue weighted by atomic mass is 10.3. The fraction of sp³-hybridized carbons (Fsp3) is 0.500. The van der Waals surface area contributed by atoms with E-state index in [9.17, 15) is 0 Å². The van der Waals surface area contributed by atoms with E-state index in [4.69, 9.17) is 5.73 Å². The predicted octanol–water partition coefficient (Wildman–Crippen LogP) is 2.27. The quantitative estimate of drug-likeness (QED) is 0.842. The molecule has 0 saturated carbocycles. The number of rotatable bonds is 4. The third kappa shape index (κ3) is 2.48. The number of aromatic nitrogens is 2. The molecule has 0 amide bonds. The molecule has 1 heterocycles. The molecule has 0 aliphatic carbocycles. The molecule has 0 aliphatic heterocycles. The summed E-state index contributed by atoms with van der Waals surface area (Å²) in [4.78, 5) is 6.90. The Morgan fingerprint density at radius 2 is 2.11 bits per heavy atom. The molecule has 0 aliphatic rings. The smallest absolute Gasteiger partial charge is 0.106 e. The van der Waals surface area contributed by atoms with Crippen LogP contribution in [-0.4, -0.2) is 34.1 Å². The van der Waals surface area contributed by atoms with E-state index < -0.39 is 0 Å². The lowest BCUT2D eigenvalue weighted by molar-refractivity contribution is 0.263. The first-order valence-corrected chi connectivity index (χ1v) is 6.41. The first kappa shape index (κ1) is 12.9. The summed E-state index contributed by atoms with van der Waals surface area (Å²) in [6.45, 7) is 8.44. The van der Waals surface area contributed by atoms with Crippen LogP contribution < -0.4 is 5.73 Å². The number of anilines is 1. The zero-order valence-electron chi connectivity index (χ0n) is 11.6. The standard InChI is InChI=1S/C14H22N4/c1-10(2)17(4)7-8-18-11(3)16-13-9-12(15)5-6-14(13)18/h5-6,9-10H,7-8,15H2,1-4H3. The summed E-state index contributed by atoms with van der Waals surface area (Å²) in [5, 5.41) is 0. The predicted molar refractivity (Wildman–Crippen MR) is 76.6 cm³/mol. The van der Waals surface area contributed by atoms with Crippen LogP contribution in [0.4, 0.5) is 5.69 Å². The van der Waals surface area contributed by atoms with Crippen LogP contribution in [0.15, 0.2) is 18.2 Å². The highest BCUT2D eigenvalue weighted by Crippen LogP contribution is 2.18. The van der Waals surface area contributed by atoms with E-state index in [0.29, 0.717) is 6.04 Å². The second kappa shape index (κ2) is 4.98. The molecule has 0 fully saturated rings. The number of benzene rings is 1. The van der Waals surface area contributed by atoms with Crippen LogP contribution in [0.5, 0.6) is 0 Å². The maximum Gasteiger partial charge on any atom is 0.106 e. The third-order valence-electron chi connectivity index (χ3n) is 3.52. The van der Waals surface area contributed by atoms with Gasteiger partial charge in [0.05, 0.1) is 11.0 Å². The van der Waals surface area contributed by atoms with E-state index in [2.05, 4.69) is 41.4 Å². The average molecular weight is 246 g/mol. The molecule has 4 nitrogen and oxygen atoms in total. The fourth-order valence-corrected chi connectivity index (χ4v) is 2.07. The number of nitrogens with zero attached hydrogens (tertiary/aromatic N) is 3. The molecular weight excluding hydrogens is 224 g/mol. The Labute approximate surface area is 108 Å². The average Bonchev–Trinajstić information content (AvgIpc) is 2.60. The number of likely N-dealkylation sites (N-methyl/N-ethyl adjacent to an activating group) is 1. The van der Waals surface area contributed by atoms with Crippen molar-refractivity contribution in [2.75, 3.05) is 19.3 Å². The number of imidazole rings is 1. The van der Waals surface area contributed by atoms with Crippen LogP contribution in [0, 0.1) is 6.92 Å². The first-order valence-electron chi connectivity index (χ1n) is 6.41. The maximum absolute atomic E-state index is 5.79. The maximum atomic E-state index is 5.79. The molecular formula is C14H22N4. The molecule has 2 aromatic rings. The van der Waals surface area contributed by atoms with Gasteiger partial charge < -0.3 is 15.2 Å². The molecule has 4 heteroatoms. The normalized spacial score (nSPS) is 11.9. The lowest BCUT2D eigenvalue weighted by Crippen LogP contribution is -2.29. The Morgan fingerprint density at radius 3 is 2.78 bits per heavy atom. The van der Waals surface area contributed by atoms with Crippen LogP contribution in [-0.2, 0) is 6.54 Å². The topological polar surface area (TPSA) is 47.1 Å². The second-order valence-electron chi connectivity index (χ2n) is 5.13. The van der Waals surface area contributed by atoms with Crippen molar-refractivity contribution in [2.24, 2.45) is 0 Å². The monoisotopic (exact) mass is 246 g/mol. The minimum absolute atomic E-state index is 0.565. The summed E-state index contributed by atoms with van der Waals surface area (Å²) in [6.07, 6.45) is 0. The second-order valence-corrected chi connectivity index (χ2v) is 5.13. The van der Waals surface area contributed by atoms with Gasteiger partial charge in [-0.1, -0.05) is 0 Å². The minimum Gasteiger partial charge on any atom is -0.399 e. The van der Waals surface area contributed by atoms with Crippen molar-refractivity contribution >= 4 is 16.7 Å². The van der Waals surface area contributed by atoms with Gasteiger partial charge in [0.15, 0.2) is 0 Å². The van der Waals surface area contributed by atoms with Crippen molar-refractivity contribution in [3.8, 4) is 0 Å². The number of nitrogen functional groups attached to an aromatic ring is 1. The van der Waals surface area contributed by atoms with Gasteiger partial charge in [-0.05, 0) is 46.0 Å². The zero-order chi connectivity index (χ0) is 13.3. The summed E-state index contributed by atoms with van der Waals surface area (Å²) >= 11 is 0. The van der Waals surface area contributed by atoms with Crippen molar-refractivity contribution in [2.45, 2.75) is 33.4 Å². The van der Waals surface area contributed by atoms with E-state index in [1.165, 1.54) is 5.52 Å². The van der Waals surface area contributed by atoms with Crippen molar-refractivity contribution < 1.29 is 0 Å². The van der Waals surface area contributed by atoms with E-state index in [1.54, 1.807) is 0 Å². The van der Waals surface area contributed by atoms with E-state index in [-0.39, 0.29) is 0 Å². The van der Waals surface area contributed by atoms with Gasteiger partial charge in [0.1, 0.15) is 5.82 Å². The van der Waals surface area contributed by atoms with Crippen LogP contribution >= 0.6 is 0 Å². The highest BCUT2D eigenvalue weighted by atomic mass is 15.2. The Kier molecular flexibility index (Phi) is 3.57. The van der Waals surface area contributed by atoms with Crippen molar-refractivity contribution in [1.29, 1.82) is 0 Å². The molecule has 0 unspecified atom stereocenters. The number of hydrogen-bond acceptors (Lipinski definition) is 3. The molecule has 98 valence electrons. The summed E-state index contributed by atoms with van der Waals surface area (Å²) in [5.41, 5.74) is 8.71. The summed E-state index contributed by atoms with van der Waals surface area (Å²) in [6, 6.07) is 6.49. The summed E-state index contributed by atoms with van der Waals surface area (Å²) in [7, 11) is 2.15. The Morgan fingerprint density at radius 1 is 1.39 bits per heavy atom. The van der Waals surface area contributed by atoms with Crippen LogP contribution in [0.1, 0.15) is 19.7 Å². The molecule has 0 spiro atoms. The molecule has 0 atom stereocenters. The number of aryl methyl sites for hydroxylation is 1. The molecule has 1 aromatic heterocycles. The van der Waals surface area contributed by atoms with Gasteiger partial charge in [-0.25, -0.2) is 4.98 Å². The molecule has 0 saturated heterocycles. The number of fused-ring (bicyclic) bond motifs is 1. The van der Waals surface area contributed by atoms with Gasteiger partial charge in [-0.2, -0.15) is 0 Å². The van der Waals surface area contributed by atoms with Gasteiger partial charge in [0.2, 0.25) is 0 Å². The first-order chi connectivity index (χ1) is 8.49. The Bertz CT molecular complexity index is 542. The molecule has 0 radical (unpaired) electrons. The van der Waals surface area contributed by atoms with E-state index >= 15 is 0 Å². The Hall–Kier alpha value is -1.55. The number of nitrogens with two attached hydrogens (primary N) is 1. The third-order valence-corrected chi connectivity index (χ3v) is 3.52. The van der Waals surface area contributed by atoms with Crippen molar-refractivity contribution in [1.82, 2.24) is 14.5 Å². The summed E-state index contributed by atoms with van der Waals surface area (Å²) < 4.78 is 2.26. The fourth-order valence-electron chi connectivity index (χ4n) is 2.07. The number of hydrogen-bond donors (Lipinski definition) is 1. The molecule has 1 aromatic carbocycles. The van der Waals surface area contributed by atoms with Gasteiger partial charge >= 0.3 is 0 Å². The largest absolute Gasteiger partial charge is 0.399 e.